The predicted octanol–water partition coefficient (Wildman–Crippen LogP) is 3.19. The summed E-state index contributed by atoms with van der Waals surface area (Å²) >= 11 is 3.51. The molecule has 0 unspecified atom stereocenters. The molecule has 1 rings (SSSR count). The molecule has 0 aliphatic rings. The van der Waals surface area contributed by atoms with Crippen LogP contribution in [-0.4, -0.2) is 18.1 Å². The first kappa shape index (κ1) is 15.2. The Labute approximate surface area is 117 Å². The number of rotatable bonds is 4. The van der Waals surface area contributed by atoms with Gasteiger partial charge in [0.2, 0.25) is 0 Å². The molecule has 0 saturated carbocycles. The molecule has 100 valence electrons. The van der Waals surface area contributed by atoms with Crippen LogP contribution < -0.4 is 5.32 Å². The second-order valence-electron chi connectivity index (χ2n) is 5.28. The van der Waals surface area contributed by atoms with Gasteiger partial charge in [-0.05, 0) is 44.9 Å². The first-order valence-electron chi connectivity index (χ1n) is 5.95. The molecule has 0 spiro atoms. The minimum absolute atomic E-state index is 0.220. The summed E-state index contributed by atoms with van der Waals surface area (Å²) in [5.41, 5.74) is 1.91. The van der Waals surface area contributed by atoms with Crippen LogP contribution in [0.1, 0.15) is 31.9 Å². The van der Waals surface area contributed by atoms with Crippen LogP contribution >= 0.6 is 15.9 Å². The van der Waals surface area contributed by atoms with E-state index in [9.17, 15) is 4.79 Å². The molecule has 0 aliphatic heterocycles. The van der Waals surface area contributed by atoms with Crippen molar-refractivity contribution in [2.45, 2.75) is 39.8 Å². The molecule has 0 radical (unpaired) electrons. The number of esters is 1. The van der Waals surface area contributed by atoms with Gasteiger partial charge in [0.15, 0.2) is 0 Å². The van der Waals surface area contributed by atoms with E-state index in [1.807, 2.05) is 33.8 Å². The van der Waals surface area contributed by atoms with Crippen LogP contribution in [-0.2, 0) is 16.1 Å². The monoisotopic (exact) mass is 313 g/mol. The summed E-state index contributed by atoms with van der Waals surface area (Å²) in [6.07, 6.45) is 0. The molecule has 0 aromatic heterocycles. The summed E-state index contributed by atoms with van der Waals surface area (Å²) in [7, 11) is 0. The van der Waals surface area contributed by atoms with Gasteiger partial charge in [0, 0.05) is 11.0 Å². The van der Waals surface area contributed by atoms with Crippen LogP contribution in [0.4, 0.5) is 0 Å². The molecule has 1 aromatic carbocycles. The van der Waals surface area contributed by atoms with Crippen LogP contribution in [0.25, 0.3) is 0 Å². The molecule has 0 fully saturated rings. The highest BCUT2D eigenvalue weighted by Crippen LogP contribution is 2.18. The number of aryl methyl sites for hydroxylation is 1. The smallest absolute Gasteiger partial charge is 0.320 e. The van der Waals surface area contributed by atoms with Crippen LogP contribution in [0.2, 0.25) is 0 Å². The van der Waals surface area contributed by atoms with E-state index in [1.165, 1.54) is 5.56 Å². The Morgan fingerprint density at radius 1 is 1.39 bits per heavy atom. The van der Waals surface area contributed by atoms with E-state index < -0.39 is 5.60 Å². The van der Waals surface area contributed by atoms with Crippen molar-refractivity contribution < 1.29 is 9.53 Å². The van der Waals surface area contributed by atoms with E-state index in [0.717, 1.165) is 10.0 Å². The van der Waals surface area contributed by atoms with E-state index in [0.29, 0.717) is 6.54 Å². The van der Waals surface area contributed by atoms with Gasteiger partial charge in [-0.2, -0.15) is 0 Å². The second-order valence-corrected chi connectivity index (χ2v) is 6.14. The normalized spacial score (nSPS) is 11.4. The molecule has 0 saturated heterocycles. The van der Waals surface area contributed by atoms with Crippen molar-refractivity contribution in [2.75, 3.05) is 6.54 Å². The molecule has 3 nitrogen and oxygen atoms in total. The molecule has 1 aromatic rings. The number of hydrogen-bond donors (Lipinski definition) is 1. The minimum atomic E-state index is -0.427. The molecular formula is C14H20BrNO2. The van der Waals surface area contributed by atoms with Gasteiger partial charge < -0.3 is 10.1 Å². The van der Waals surface area contributed by atoms with Crippen molar-refractivity contribution in [1.29, 1.82) is 0 Å². The Bertz CT molecular complexity index is 424. The zero-order valence-electron chi connectivity index (χ0n) is 11.3. The first-order valence-corrected chi connectivity index (χ1v) is 6.75. The summed E-state index contributed by atoms with van der Waals surface area (Å²) in [6.45, 7) is 8.49. The van der Waals surface area contributed by atoms with Crippen molar-refractivity contribution in [3.05, 3.63) is 33.8 Å². The Balaban J connectivity index is 2.40. The average molecular weight is 314 g/mol. The third-order valence-electron chi connectivity index (χ3n) is 2.21. The van der Waals surface area contributed by atoms with Gasteiger partial charge in [0.1, 0.15) is 5.60 Å². The van der Waals surface area contributed by atoms with Crippen molar-refractivity contribution >= 4 is 21.9 Å². The average Bonchev–Trinajstić information content (AvgIpc) is 2.18. The fraction of sp³-hybridized carbons (Fsp3) is 0.500. The number of benzene rings is 1. The zero-order chi connectivity index (χ0) is 13.8. The third-order valence-corrected chi connectivity index (χ3v) is 2.95. The van der Waals surface area contributed by atoms with Gasteiger partial charge >= 0.3 is 5.97 Å². The molecule has 4 heteroatoms. The van der Waals surface area contributed by atoms with Crippen molar-refractivity contribution in [3.63, 3.8) is 0 Å². The van der Waals surface area contributed by atoms with Crippen molar-refractivity contribution in [3.8, 4) is 0 Å². The summed E-state index contributed by atoms with van der Waals surface area (Å²) in [4.78, 5) is 11.5. The summed E-state index contributed by atoms with van der Waals surface area (Å²) < 4.78 is 6.27. The quantitative estimate of drug-likeness (QED) is 0.868. The fourth-order valence-electron chi connectivity index (χ4n) is 1.47. The molecule has 18 heavy (non-hydrogen) atoms. The lowest BCUT2D eigenvalue weighted by Crippen LogP contribution is -2.31. The van der Waals surface area contributed by atoms with Crippen LogP contribution in [0.3, 0.4) is 0 Å². The molecule has 0 atom stereocenters. The predicted molar refractivity (Wildman–Crippen MR) is 76.4 cm³/mol. The number of hydrogen-bond acceptors (Lipinski definition) is 3. The zero-order valence-corrected chi connectivity index (χ0v) is 12.9. The Morgan fingerprint density at radius 3 is 2.61 bits per heavy atom. The van der Waals surface area contributed by atoms with Gasteiger partial charge in [-0.15, -0.1) is 0 Å². The number of carbonyl (C=O) groups excluding carboxylic acids is 1. The van der Waals surface area contributed by atoms with E-state index in [-0.39, 0.29) is 12.5 Å². The molecule has 1 N–H and O–H groups in total. The Kier molecular flexibility index (Phi) is 5.35. The number of nitrogens with one attached hydrogen (secondary N) is 1. The molecule has 0 heterocycles. The maximum absolute atomic E-state index is 11.5. The highest BCUT2D eigenvalue weighted by Gasteiger charge is 2.15. The van der Waals surface area contributed by atoms with Crippen molar-refractivity contribution in [2.24, 2.45) is 0 Å². The van der Waals surface area contributed by atoms with Crippen LogP contribution in [0, 0.1) is 6.92 Å². The van der Waals surface area contributed by atoms with Gasteiger partial charge in [0.05, 0.1) is 6.54 Å². The highest BCUT2D eigenvalue weighted by atomic mass is 79.9. The standard InChI is InChI=1S/C14H20BrNO2/c1-10-5-6-11(12(15)7-10)8-16-9-13(17)18-14(2,3)4/h5-7,16H,8-9H2,1-4H3. The molecular weight excluding hydrogens is 294 g/mol. The maximum atomic E-state index is 11.5. The van der Waals surface area contributed by atoms with Gasteiger partial charge in [-0.25, -0.2) is 0 Å². The lowest BCUT2D eigenvalue weighted by Gasteiger charge is -2.19. The minimum Gasteiger partial charge on any atom is -0.459 e. The molecule has 0 amide bonds. The molecule has 0 bridgehead atoms. The summed E-state index contributed by atoms with van der Waals surface area (Å²) in [6, 6.07) is 6.15. The van der Waals surface area contributed by atoms with Gasteiger partial charge in [0.25, 0.3) is 0 Å². The molecule has 0 aliphatic carbocycles. The van der Waals surface area contributed by atoms with E-state index >= 15 is 0 Å². The largest absolute Gasteiger partial charge is 0.459 e. The van der Waals surface area contributed by atoms with Crippen molar-refractivity contribution in [1.82, 2.24) is 5.32 Å². The highest BCUT2D eigenvalue weighted by molar-refractivity contribution is 9.10. The topological polar surface area (TPSA) is 38.3 Å². The summed E-state index contributed by atoms with van der Waals surface area (Å²) in [5.74, 6) is -0.231. The number of ether oxygens (including phenoxy) is 1. The third kappa shape index (κ3) is 5.65. The first-order chi connectivity index (χ1) is 8.28. The lowest BCUT2D eigenvalue weighted by atomic mass is 10.1. The van der Waals surface area contributed by atoms with E-state index in [1.54, 1.807) is 0 Å². The fourth-order valence-corrected chi connectivity index (χ4v) is 2.11. The Morgan fingerprint density at radius 2 is 2.06 bits per heavy atom. The van der Waals surface area contributed by atoms with Crippen LogP contribution in [0.15, 0.2) is 22.7 Å². The SMILES string of the molecule is Cc1ccc(CNCC(=O)OC(C)(C)C)c(Br)c1. The van der Waals surface area contributed by atoms with Gasteiger partial charge in [-0.1, -0.05) is 28.1 Å². The summed E-state index contributed by atoms with van der Waals surface area (Å²) in [5, 5.41) is 3.08. The number of halogens is 1. The maximum Gasteiger partial charge on any atom is 0.320 e. The van der Waals surface area contributed by atoms with E-state index in [2.05, 4.69) is 33.4 Å². The van der Waals surface area contributed by atoms with E-state index in [4.69, 9.17) is 4.74 Å². The van der Waals surface area contributed by atoms with Gasteiger partial charge in [-0.3, -0.25) is 4.79 Å². The lowest BCUT2D eigenvalue weighted by molar-refractivity contribution is -0.153. The second kappa shape index (κ2) is 6.34. The van der Waals surface area contributed by atoms with Crippen LogP contribution in [0.5, 0.6) is 0 Å². The Hall–Kier alpha value is -0.870. The number of carbonyl (C=O) groups is 1.